The van der Waals surface area contributed by atoms with Gasteiger partial charge >= 0.3 is 0 Å². The van der Waals surface area contributed by atoms with Gasteiger partial charge in [0, 0.05) is 5.69 Å². The van der Waals surface area contributed by atoms with Gasteiger partial charge in [-0.3, -0.25) is 14.9 Å². The molecule has 1 saturated heterocycles. The summed E-state index contributed by atoms with van der Waals surface area (Å²) in [4.78, 5) is 25.0. The van der Waals surface area contributed by atoms with Crippen molar-refractivity contribution in [2.24, 2.45) is 5.73 Å². The normalized spacial score (nSPS) is 19.3. The van der Waals surface area contributed by atoms with E-state index in [9.17, 15) is 9.59 Å². The van der Waals surface area contributed by atoms with E-state index in [0.29, 0.717) is 16.3 Å². The van der Waals surface area contributed by atoms with Crippen LogP contribution >= 0.6 is 23.8 Å². The molecule has 19 heavy (non-hydrogen) atoms. The van der Waals surface area contributed by atoms with E-state index < -0.39 is 6.04 Å². The third-order valence-corrected chi connectivity index (χ3v) is 3.49. The zero-order valence-corrected chi connectivity index (χ0v) is 11.7. The highest BCUT2D eigenvalue weighted by Gasteiger charge is 2.32. The molecular weight excluding hydrogens is 286 g/mol. The van der Waals surface area contributed by atoms with Gasteiger partial charge in [-0.05, 0) is 19.1 Å². The number of nitrogens with two attached hydrogens (primary N) is 1. The Kier molecular flexibility index (Phi) is 3.73. The van der Waals surface area contributed by atoms with Gasteiger partial charge in [0.25, 0.3) is 0 Å². The standard InChI is InChI=1S/C12H12ClN3O2S/c1-6-12(18)15-9(17)5-16(6)8-4-2-3-7(13)10(8)11(14)19/h2-4,6H,5H2,1H3,(H2,14,19)(H,15,17,18). The van der Waals surface area contributed by atoms with Crippen LogP contribution in [0.4, 0.5) is 5.69 Å². The van der Waals surface area contributed by atoms with E-state index in [4.69, 9.17) is 29.6 Å². The molecule has 0 aromatic heterocycles. The molecule has 1 fully saturated rings. The molecule has 1 aliphatic rings. The molecule has 1 heterocycles. The predicted molar refractivity (Wildman–Crippen MR) is 77.3 cm³/mol. The quantitative estimate of drug-likeness (QED) is 0.624. The summed E-state index contributed by atoms with van der Waals surface area (Å²) < 4.78 is 0. The summed E-state index contributed by atoms with van der Waals surface area (Å²) >= 11 is 11.1. The molecule has 5 nitrogen and oxygen atoms in total. The van der Waals surface area contributed by atoms with Crippen LogP contribution in [-0.4, -0.2) is 29.4 Å². The third kappa shape index (κ3) is 2.54. The summed E-state index contributed by atoms with van der Waals surface area (Å²) in [5, 5.41) is 2.67. The highest BCUT2D eigenvalue weighted by Crippen LogP contribution is 2.29. The number of rotatable bonds is 2. The first kappa shape index (κ1) is 13.8. The highest BCUT2D eigenvalue weighted by molar-refractivity contribution is 7.80. The monoisotopic (exact) mass is 297 g/mol. The molecule has 1 aliphatic heterocycles. The molecule has 0 bridgehead atoms. The Balaban J connectivity index is 2.52. The Labute approximate surface area is 120 Å². The molecule has 1 aromatic carbocycles. The first-order valence-electron chi connectivity index (χ1n) is 5.60. The lowest BCUT2D eigenvalue weighted by atomic mass is 10.1. The number of hydrogen-bond acceptors (Lipinski definition) is 4. The number of anilines is 1. The molecule has 3 N–H and O–H groups in total. The average molecular weight is 298 g/mol. The molecule has 100 valence electrons. The maximum Gasteiger partial charge on any atom is 0.249 e. The van der Waals surface area contributed by atoms with Crippen LogP contribution in [0.3, 0.4) is 0 Å². The van der Waals surface area contributed by atoms with E-state index in [1.54, 1.807) is 30.0 Å². The summed E-state index contributed by atoms with van der Waals surface area (Å²) in [6.45, 7) is 1.76. The van der Waals surface area contributed by atoms with E-state index in [1.165, 1.54) is 0 Å². The van der Waals surface area contributed by atoms with E-state index >= 15 is 0 Å². The van der Waals surface area contributed by atoms with Crippen LogP contribution in [0.2, 0.25) is 5.02 Å². The molecule has 7 heteroatoms. The van der Waals surface area contributed by atoms with Crippen molar-refractivity contribution in [3.8, 4) is 0 Å². The second kappa shape index (κ2) is 5.14. The van der Waals surface area contributed by atoms with Crippen molar-refractivity contribution in [1.29, 1.82) is 0 Å². The van der Waals surface area contributed by atoms with E-state index in [-0.39, 0.29) is 23.3 Å². The number of imide groups is 1. The second-order valence-electron chi connectivity index (χ2n) is 4.21. The zero-order chi connectivity index (χ0) is 14.2. The average Bonchev–Trinajstić information content (AvgIpc) is 2.33. The number of nitrogens with one attached hydrogen (secondary N) is 1. The molecule has 2 amide bonds. The number of amides is 2. The van der Waals surface area contributed by atoms with Crippen LogP contribution in [0.1, 0.15) is 12.5 Å². The van der Waals surface area contributed by atoms with Crippen LogP contribution in [0.15, 0.2) is 18.2 Å². The number of halogens is 1. The number of thiocarbonyl (C=S) groups is 1. The minimum Gasteiger partial charge on any atom is -0.389 e. The van der Waals surface area contributed by atoms with Gasteiger partial charge < -0.3 is 10.6 Å². The SMILES string of the molecule is CC1C(=O)NC(=O)CN1c1cccc(Cl)c1C(N)=S. The Morgan fingerprint density at radius 2 is 2.21 bits per heavy atom. The van der Waals surface area contributed by atoms with Gasteiger partial charge in [0.15, 0.2) is 0 Å². The number of hydrogen-bond donors (Lipinski definition) is 2. The Morgan fingerprint density at radius 3 is 2.84 bits per heavy atom. The maximum atomic E-state index is 11.7. The molecule has 1 aromatic rings. The number of carbonyl (C=O) groups is 2. The summed E-state index contributed by atoms with van der Waals surface area (Å²) in [6, 6.07) is 4.63. The molecule has 0 saturated carbocycles. The maximum absolute atomic E-state index is 11.7. The van der Waals surface area contributed by atoms with Crippen LogP contribution in [-0.2, 0) is 9.59 Å². The van der Waals surface area contributed by atoms with Crippen molar-refractivity contribution in [2.45, 2.75) is 13.0 Å². The number of benzene rings is 1. The second-order valence-corrected chi connectivity index (χ2v) is 5.06. The van der Waals surface area contributed by atoms with Crippen molar-refractivity contribution < 1.29 is 9.59 Å². The van der Waals surface area contributed by atoms with Gasteiger partial charge in [-0.15, -0.1) is 0 Å². The number of carbonyl (C=O) groups excluding carboxylic acids is 2. The smallest absolute Gasteiger partial charge is 0.249 e. The molecule has 0 spiro atoms. The van der Waals surface area contributed by atoms with E-state index in [1.807, 2.05) is 0 Å². The van der Waals surface area contributed by atoms with Crippen LogP contribution in [0.5, 0.6) is 0 Å². The van der Waals surface area contributed by atoms with E-state index in [0.717, 1.165) is 0 Å². The van der Waals surface area contributed by atoms with Crippen molar-refractivity contribution in [2.75, 3.05) is 11.4 Å². The summed E-state index contributed by atoms with van der Waals surface area (Å²) in [7, 11) is 0. The predicted octanol–water partition coefficient (Wildman–Crippen LogP) is 0.825. The van der Waals surface area contributed by atoms with Crippen LogP contribution < -0.4 is 16.0 Å². The Morgan fingerprint density at radius 1 is 1.53 bits per heavy atom. The molecule has 2 rings (SSSR count). The van der Waals surface area contributed by atoms with E-state index in [2.05, 4.69) is 5.32 Å². The fourth-order valence-electron chi connectivity index (χ4n) is 2.00. The molecule has 1 unspecified atom stereocenters. The summed E-state index contributed by atoms with van der Waals surface area (Å²) in [5.41, 5.74) is 6.75. The van der Waals surface area contributed by atoms with Crippen molar-refractivity contribution in [3.05, 3.63) is 28.8 Å². The summed E-state index contributed by atoms with van der Waals surface area (Å²) in [5.74, 6) is -0.720. The highest BCUT2D eigenvalue weighted by atomic mass is 35.5. The lowest BCUT2D eigenvalue weighted by Gasteiger charge is -2.34. The van der Waals surface area contributed by atoms with Gasteiger partial charge in [-0.25, -0.2) is 0 Å². The molecule has 0 radical (unpaired) electrons. The first-order valence-corrected chi connectivity index (χ1v) is 6.39. The largest absolute Gasteiger partial charge is 0.389 e. The van der Waals surface area contributed by atoms with Gasteiger partial charge in [0.2, 0.25) is 11.8 Å². The van der Waals surface area contributed by atoms with Gasteiger partial charge in [-0.2, -0.15) is 0 Å². The minimum atomic E-state index is -0.496. The third-order valence-electron chi connectivity index (χ3n) is 2.97. The molecule has 1 atom stereocenters. The van der Waals surface area contributed by atoms with Crippen molar-refractivity contribution in [3.63, 3.8) is 0 Å². The Hall–Kier alpha value is -1.66. The molecular formula is C12H12ClN3O2S. The lowest BCUT2D eigenvalue weighted by molar-refractivity contribution is -0.132. The van der Waals surface area contributed by atoms with Crippen molar-refractivity contribution >= 4 is 46.3 Å². The fourth-order valence-corrected chi connectivity index (χ4v) is 2.55. The topological polar surface area (TPSA) is 75.4 Å². The van der Waals surface area contributed by atoms with Crippen molar-refractivity contribution in [1.82, 2.24) is 5.32 Å². The first-order chi connectivity index (χ1) is 8.91. The van der Waals surface area contributed by atoms with Gasteiger partial charge in [0.1, 0.15) is 11.0 Å². The fraction of sp³-hybridized carbons (Fsp3) is 0.250. The van der Waals surface area contributed by atoms with Crippen LogP contribution in [0, 0.1) is 0 Å². The Bertz CT molecular complexity index is 576. The van der Waals surface area contributed by atoms with Gasteiger partial charge in [-0.1, -0.05) is 29.9 Å². The van der Waals surface area contributed by atoms with Gasteiger partial charge in [0.05, 0.1) is 17.1 Å². The molecule has 0 aliphatic carbocycles. The number of nitrogens with zero attached hydrogens (tertiary/aromatic N) is 1. The summed E-state index contributed by atoms with van der Waals surface area (Å²) in [6.07, 6.45) is 0. The minimum absolute atomic E-state index is 0.0584. The van der Waals surface area contributed by atoms with Crippen LogP contribution in [0.25, 0.3) is 0 Å². The number of piperazine rings is 1. The lowest BCUT2D eigenvalue weighted by Crippen LogP contribution is -2.57. The zero-order valence-electron chi connectivity index (χ0n) is 10.1.